The molecule has 0 radical (unpaired) electrons. The second kappa shape index (κ2) is 7.48. The zero-order chi connectivity index (χ0) is 19.4. The maximum absolute atomic E-state index is 12.6. The molecule has 0 aliphatic heterocycles. The number of hydrogen-bond donors (Lipinski definition) is 3. The first-order chi connectivity index (χ1) is 13.0. The lowest BCUT2D eigenvalue weighted by Gasteiger charge is -2.07. The van der Waals surface area contributed by atoms with E-state index >= 15 is 0 Å². The second-order valence-electron chi connectivity index (χ2n) is 5.60. The van der Waals surface area contributed by atoms with Gasteiger partial charge in [-0.25, -0.2) is 14.5 Å². The lowest BCUT2D eigenvalue weighted by atomic mass is 10.1. The van der Waals surface area contributed by atoms with Gasteiger partial charge in [-0.2, -0.15) is 5.10 Å². The Morgan fingerprint density at radius 1 is 1.07 bits per heavy atom. The summed E-state index contributed by atoms with van der Waals surface area (Å²) in [6.45, 7) is 1.76. The molecule has 3 aromatic rings. The minimum atomic E-state index is -0.952. The number of hydrogen-bond acceptors (Lipinski definition) is 5. The van der Waals surface area contributed by atoms with Crippen LogP contribution in [0.3, 0.4) is 0 Å². The molecule has 0 saturated carbocycles. The van der Waals surface area contributed by atoms with Gasteiger partial charge in [-0.05, 0) is 37.3 Å². The summed E-state index contributed by atoms with van der Waals surface area (Å²) < 4.78 is 1.56. The van der Waals surface area contributed by atoms with E-state index in [2.05, 4.69) is 15.4 Å². The second-order valence-corrected chi connectivity index (χ2v) is 5.60. The van der Waals surface area contributed by atoms with Crippen LogP contribution in [-0.2, 0) is 0 Å². The first-order valence-electron chi connectivity index (χ1n) is 7.94. The summed E-state index contributed by atoms with van der Waals surface area (Å²) in [7, 11) is 0. The van der Waals surface area contributed by atoms with E-state index < -0.39 is 11.9 Å². The van der Waals surface area contributed by atoms with E-state index in [1.807, 2.05) is 11.4 Å². The fourth-order valence-corrected chi connectivity index (χ4v) is 2.46. The number of urea groups is 1. The average Bonchev–Trinajstić information content (AvgIpc) is 3.03. The molecule has 9 nitrogen and oxygen atoms in total. The van der Waals surface area contributed by atoms with Crippen LogP contribution in [-0.4, -0.2) is 32.6 Å². The maximum Gasteiger partial charge on any atom is 0.319 e. The van der Waals surface area contributed by atoms with E-state index in [4.69, 9.17) is 5.73 Å². The van der Waals surface area contributed by atoms with Crippen molar-refractivity contribution < 1.29 is 14.4 Å². The number of rotatable bonds is 4. The smallest absolute Gasteiger partial charge is 0.319 e. The van der Waals surface area contributed by atoms with Crippen molar-refractivity contribution in [1.29, 1.82) is 0 Å². The Hall–Kier alpha value is -4.01. The van der Waals surface area contributed by atoms with Crippen molar-refractivity contribution in [1.82, 2.24) is 20.1 Å². The number of carbonyl (C=O) groups is 3. The topological polar surface area (TPSA) is 132 Å². The monoisotopic (exact) mass is 364 g/mol. The average molecular weight is 364 g/mol. The van der Waals surface area contributed by atoms with Gasteiger partial charge in [0.1, 0.15) is 0 Å². The van der Waals surface area contributed by atoms with E-state index in [-0.39, 0.29) is 11.5 Å². The Morgan fingerprint density at radius 2 is 1.89 bits per heavy atom. The quantitative estimate of drug-likeness (QED) is 0.647. The number of pyridine rings is 1. The van der Waals surface area contributed by atoms with Crippen LogP contribution < -0.4 is 16.4 Å². The number of nitrogens with two attached hydrogens (primary N) is 1. The van der Waals surface area contributed by atoms with Crippen LogP contribution in [0.4, 0.5) is 10.5 Å². The molecule has 4 N–H and O–H groups in total. The third-order valence-corrected chi connectivity index (χ3v) is 3.74. The molecule has 0 saturated heterocycles. The number of amides is 4. The number of aromatic nitrogens is 3. The molecular formula is C18H16N6O3. The van der Waals surface area contributed by atoms with E-state index in [0.29, 0.717) is 22.8 Å². The van der Waals surface area contributed by atoms with Crippen LogP contribution in [0.25, 0.3) is 5.82 Å². The normalized spacial score (nSPS) is 10.3. The highest BCUT2D eigenvalue weighted by atomic mass is 16.2. The fourth-order valence-electron chi connectivity index (χ4n) is 2.46. The van der Waals surface area contributed by atoms with Gasteiger partial charge in [0, 0.05) is 17.4 Å². The summed E-state index contributed by atoms with van der Waals surface area (Å²) in [6, 6.07) is 10.6. The van der Waals surface area contributed by atoms with Crippen molar-refractivity contribution in [3.8, 4) is 5.82 Å². The van der Waals surface area contributed by atoms with Gasteiger partial charge < -0.3 is 11.1 Å². The predicted octanol–water partition coefficient (Wildman–Crippen LogP) is 1.64. The number of nitrogens with one attached hydrogen (secondary N) is 2. The Morgan fingerprint density at radius 3 is 2.59 bits per heavy atom. The Bertz CT molecular complexity index is 1010. The van der Waals surface area contributed by atoms with Gasteiger partial charge in [0.25, 0.3) is 11.8 Å². The number of primary amides is 1. The van der Waals surface area contributed by atoms with Crippen LogP contribution in [0.5, 0.6) is 0 Å². The summed E-state index contributed by atoms with van der Waals surface area (Å²) in [4.78, 5) is 39.4. The fraction of sp³-hybridized carbons (Fsp3) is 0.0556. The largest absolute Gasteiger partial charge is 0.351 e. The summed E-state index contributed by atoms with van der Waals surface area (Å²) in [5, 5.41) is 8.88. The molecule has 3 rings (SSSR count). The molecule has 0 aliphatic carbocycles. The summed E-state index contributed by atoms with van der Waals surface area (Å²) >= 11 is 0. The molecule has 2 aromatic heterocycles. The lowest BCUT2D eigenvalue weighted by Crippen LogP contribution is -2.34. The van der Waals surface area contributed by atoms with Crippen LogP contribution in [0.15, 0.2) is 54.9 Å². The van der Waals surface area contributed by atoms with Crippen molar-refractivity contribution in [3.05, 3.63) is 71.7 Å². The Kier molecular flexibility index (Phi) is 4.93. The molecule has 1 aromatic carbocycles. The third-order valence-electron chi connectivity index (χ3n) is 3.74. The van der Waals surface area contributed by atoms with Crippen LogP contribution in [0.1, 0.15) is 26.4 Å². The molecule has 9 heteroatoms. The summed E-state index contributed by atoms with van der Waals surface area (Å²) in [5.74, 6) is -0.445. The van der Waals surface area contributed by atoms with E-state index in [0.717, 1.165) is 0 Å². The van der Waals surface area contributed by atoms with Crippen LogP contribution in [0.2, 0.25) is 0 Å². The zero-order valence-electron chi connectivity index (χ0n) is 14.3. The summed E-state index contributed by atoms with van der Waals surface area (Å²) in [5.41, 5.74) is 6.50. The Labute approximate surface area is 154 Å². The van der Waals surface area contributed by atoms with Gasteiger partial charge >= 0.3 is 6.03 Å². The number of anilines is 1. The van der Waals surface area contributed by atoms with Gasteiger partial charge in [-0.3, -0.25) is 14.9 Å². The minimum Gasteiger partial charge on any atom is -0.351 e. The standard InChI is InChI=1S/C18H16N6O3/c1-11-14(10-21-24(11)15-7-2-3-8-20-15)17(26)22-13-6-4-5-12(9-13)16(25)23-18(19)27/h2-10H,1H3,(H,22,26)(H3,19,23,25,27). The molecule has 4 amide bonds. The highest BCUT2D eigenvalue weighted by molar-refractivity contribution is 6.07. The van der Waals surface area contributed by atoms with Crippen LogP contribution >= 0.6 is 0 Å². The molecular weight excluding hydrogens is 348 g/mol. The zero-order valence-corrected chi connectivity index (χ0v) is 14.3. The first-order valence-corrected chi connectivity index (χ1v) is 7.94. The van der Waals surface area contributed by atoms with Crippen molar-refractivity contribution in [2.75, 3.05) is 5.32 Å². The number of nitrogens with zero attached hydrogens (tertiary/aromatic N) is 3. The van der Waals surface area contributed by atoms with Crippen molar-refractivity contribution in [3.63, 3.8) is 0 Å². The molecule has 136 valence electrons. The molecule has 0 fully saturated rings. The molecule has 0 spiro atoms. The SMILES string of the molecule is Cc1c(C(=O)Nc2cccc(C(=O)NC(N)=O)c2)cnn1-c1ccccn1. The van der Waals surface area contributed by atoms with Gasteiger partial charge in [0.05, 0.1) is 17.5 Å². The molecule has 0 aliphatic rings. The third kappa shape index (κ3) is 3.98. The van der Waals surface area contributed by atoms with Gasteiger partial charge in [0.15, 0.2) is 5.82 Å². The molecule has 27 heavy (non-hydrogen) atoms. The van der Waals surface area contributed by atoms with E-state index in [1.54, 1.807) is 42.1 Å². The number of carbonyl (C=O) groups excluding carboxylic acids is 3. The lowest BCUT2D eigenvalue weighted by molar-refractivity contribution is 0.0964. The van der Waals surface area contributed by atoms with Gasteiger partial charge in [-0.1, -0.05) is 12.1 Å². The van der Waals surface area contributed by atoms with Gasteiger partial charge in [0.2, 0.25) is 0 Å². The van der Waals surface area contributed by atoms with Crippen molar-refractivity contribution >= 4 is 23.5 Å². The van der Waals surface area contributed by atoms with Crippen molar-refractivity contribution in [2.45, 2.75) is 6.92 Å². The summed E-state index contributed by atoms with van der Waals surface area (Å²) in [6.07, 6.45) is 3.09. The number of imide groups is 1. The van der Waals surface area contributed by atoms with E-state index in [1.165, 1.54) is 18.3 Å². The maximum atomic E-state index is 12.6. The molecule has 2 heterocycles. The number of benzene rings is 1. The first kappa shape index (κ1) is 17.8. The minimum absolute atomic E-state index is 0.188. The molecule has 0 atom stereocenters. The van der Waals surface area contributed by atoms with Crippen molar-refractivity contribution in [2.24, 2.45) is 5.73 Å². The Balaban J connectivity index is 1.80. The highest BCUT2D eigenvalue weighted by Crippen LogP contribution is 2.16. The van der Waals surface area contributed by atoms with Crippen LogP contribution in [0, 0.1) is 6.92 Å². The molecule has 0 unspecified atom stereocenters. The predicted molar refractivity (Wildman–Crippen MR) is 97.5 cm³/mol. The van der Waals surface area contributed by atoms with Gasteiger partial charge in [-0.15, -0.1) is 0 Å². The highest BCUT2D eigenvalue weighted by Gasteiger charge is 2.16. The molecule has 0 bridgehead atoms. The van der Waals surface area contributed by atoms with E-state index in [9.17, 15) is 14.4 Å².